The van der Waals surface area contributed by atoms with Crippen LogP contribution in [0.2, 0.25) is 0 Å². The Morgan fingerprint density at radius 3 is 2.27 bits per heavy atom. The van der Waals surface area contributed by atoms with Gasteiger partial charge in [-0.25, -0.2) is 0 Å². The fourth-order valence-electron chi connectivity index (χ4n) is 2.28. The Labute approximate surface area is 94.6 Å². The second kappa shape index (κ2) is 5.83. The molecule has 0 aromatic carbocycles. The first kappa shape index (κ1) is 12.9. The van der Waals surface area contributed by atoms with Gasteiger partial charge in [-0.05, 0) is 71.9 Å². The molecule has 3 nitrogen and oxygen atoms in total. The minimum Gasteiger partial charge on any atom is -0.330 e. The predicted molar refractivity (Wildman–Crippen MR) is 66.0 cm³/mol. The number of rotatable bonds is 8. The van der Waals surface area contributed by atoms with E-state index in [0.29, 0.717) is 5.41 Å². The quantitative estimate of drug-likeness (QED) is 0.653. The Balaban J connectivity index is 2.10. The third-order valence-electron chi connectivity index (χ3n) is 3.38. The molecule has 1 rings (SSSR count). The Kier molecular flexibility index (Phi) is 5.03. The van der Waals surface area contributed by atoms with E-state index >= 15 is 0 Å². The maximum absolute atomic E-state index is 5.65. The van der Waals surface area contributed by atoms with Crippen LogP contribution in [0.1, 0.15) is 25.7 Å². The molecule has 0 bridgehead atoms. The van der Waals surface area contributed by atoms with E-state index in [9.17, 15) is 0 Å². The SMILES string of the molecule is CN(C)CCCN(C)CC1(CCN)CC1. The number of hydrogen-bond donors (Lipinski definition) is 1. The van der Waals surface area contributed by atoms with Crippen molar-refractivity contribution in [1.29, 1.82) is 0 Å². The standard InChI is InChI=1S/C12H27N3/c1-14(2)9-4-10-15(3)11-12(5-6-12)7-8-13/h4-11,13H2,1-3H3. The number of nitrogens with two attached hydrogens (primary N) is 1. The average molecular weight is 213 g/mol. The third kappa shape index (κ3) is 4.96. The van der Waals surface area contributed by atoms with Gasteiger partial charge in [0.25, 0.3) is 0 Å². The Bertz CT molecular complexity index is 176. The van der Waals surface area contributed by atoms with E-state index in [1.165, 1.54) is 45.3 Å². The first-order valence-corrected chi connectivity index (χ1v) is 6.11. The van der Waals surface area contributed by atoms with Gasteiger partial charge in [0, 0.05) is 6.54 Å². The van der Waals surface area contributed by atoms with Crippen molar-refractivity contribution in [3.8, 4) is 0 Å². The third-order valence-corrected chi connectivity index (χ3v) is 3.38. The van der Waals surface area contributed by atoms with Gasteiger partial charge in [0.15, 0.2) is 0 Å². The molecule has 1 saturated carbocycles. The van der Waals surface area contributed by atoms with Crippen LogP contribution in [0.5, 0.6) is 0 Å². The summed E-state index contributed by atoms with van der Waals surface area (Å²) in [6, 6.07) is 0. The summed E-state index contributed by atoms with van der Waals surface area (Å²) in [7, 11) is 6.51. The molecule has 0 amide bonds. The summed E-state index contributed by atoms with van der Waals surface area (Å²) in [5.74, 6) is 0. The molecule has 0 saturated heterocycles. The highest BCUT2D eigenvalue weighted by Crippen LogP contribution is 2.48. The molecule has 1 aliphatic carbocycles. The topological polar surface area (TPSA) is 32.5 Å². The summed E-state index contributed by atoms with van der Waals surface area (Å²) < 4.78 is 0. The maximum Gasteiger partial charge on any atom is 0.00354 e. The van der Waals surface area contributed by atoms with E-state index in [1.807, 2.05) is 0 Å². The van der Waals surface area contributed by atoms with E-state index in [2.05, 4.69) is 30.9 Å². The summed E-state index contributed by atoms with van der Waals surface area (Å²) in [5, 5.41) is 0. The minimum absolute atomic E-state index is 0.599. The molecule has 0 spiro atoms. The summed E-state index contributed by atoms with van der Waals surface area (Å²) >= 11 is 0. The minimum atomic E-state index is 0.599. The lowest BCUT2D eigenvalue weighted by molar-refractivity contribution is 0.242. The molecular weight excluding hydrogens is 186 g/mol. The molecule has 0 heterocycles. The molecule has 0 unspecified atom stereocenters. The van der Waals surface area contributed by atoms with Crippen molar-refractivity contribution in [1.82, 2.24) is 9.80 Å². The zero-order valence-corrected chi connectivity index (χ0v) is 10.6. The summed E-state index contributed by atoms with van der Waals surface area (Å²) in [5.41, 5.74) is 6.24. The summed E-state index contributed by atoms with van der Waals surface area (Å²) in [6.07, 6.45) is 5.26. The summed E-state index contributed by atoms with van der Waals surface area (Å²) in [4.78, 5) is 4.73. The Morgan fingerprint density at radius 2 is 1.80 bits per heavy atom. The van der Waals surface area contributed by atoms with Crippen LogP contribution in [0.25, 0.3) is 0 Å². The molecule has 0 atom stereocenters. The zero-order chi connectivity index (χ0) is 11.3. The Morgan fingerprint density at radius 1 is 1.13 bits per heavy atom. The van der Waals surface area contributed by atoms with Gasteiger partial charge < -0.3 is 15.5 Å². The van der Waals surface area contributed by atoms with E-state index < -0.39 is 0 Å². The summed E-state index contributed by atoms with van der Waals surface area (Å²) in [6.45, 7) is 4.50. The van der Waals surface area contributed by atoms with Gasteiger partial charge >= 0.3 is 0 Å². The molecule has 90 valence electrons. The predicted octanol–water partition coefficient (Wildman–Crippen LogP) is 0.999. The second-order valence-electron chi connectivity index (χ2n) is 5.43. The molecule has 3 heteroatoms. The average Bonchev–Trinajstić information content (AvgIpc) is 2.84. The van der Waals surface area contributed by atoms with E-state index in [4.69, 9.17) is 5.73 Å². The van der Waals surface area contributed by atoms with Gasteiger partial charge in [-0.15, -0.1) is 0 Å². The van der Waals surface area contributed by atoms with Gasteiger partial charge in [-0.2, -0.15) is 0 Å². The number of nitrogens with zero attached hydrogens (tertiary/aromatic N) is 2. The van der Waals surface area contributed by atoms with Crippen molar-refractivity contribution < 1.29 is 0 Å². The largest absolute Gasteiger partial charge is 0.330 e. The molecule has 1 fully saturated rings. The highest BCUT2D eigenvalue weighted by Gasteiger charge is 2.41. The molecule has 0 aromatic rings. The number of hydrogen-bond acceptors (Lipinski definition) is 3. The first-order valence-electron chi connectivity index (χ1n) is 6.11. The van der Waals surface area contributed by atoms with Crippen molar-refractivity contribution in [2.75, 3.05) is 47.3 Å². The molecule has 0 aromatic heterocycles. The van der Waals surface area contributed by atoms with E-state index in [0.717, 1.165) is 6.54 Å². The van der Waals surface area contributed by atoms with E-state index in [-0.39, 0.29) is 0 Å². The van der Waals surface area contributed by atoms with Gasteiger partial charge in [0.2, 0.25) is 0 Å². The molecule has 15 heavy (non-hydrogen) atoms. The van der Waals surface area contributed by atoms with Crippen LogP contribution in [-0.2, 0) is 0 Å². The Hall–Kier alpha value is -0.120. The zero-order valence-electron chi connectivity index (χ0n) is 10.6. The normalized spacial score (nSPS) is 18.8. The van der Waals surface area contributed by atoms with E-state index in [1.54, 1.807) is 0 Å². The van der Waals surface area contributed by atoms with Crippen LogP contribution in [0.15, 0.2) is 0 Å². The second-order valence-corrected chi connectivity index (χ2v) is 5.43. The molecule has 2 N–H and O–H groups in total. The fourth-order valence-corrected chi connectivity index (χ4v) is 2.28. The van der Waals surface area contributed by atoms with Crippen LogP contribution >= 0.6 is 0 Å². The van der Waals surface area contributed by atoms with Crippen LogP contribution in [0.3, 0.4) is 0 Å². The highest BCUT2D eigenvalue weighted by molar-refractivity contribution is 4.95. The van der Waals surface area contributed by atoms with Gasteiger partial charge in [0.05, 0.1) is 0 Å². The van der Waals surface area contributed by atoms with Crippen LogP contribution in [0.4, 0.5) is 0 Å². The van der Waals surface area contributed by atoms with Crippen molar-refractivity contribution in [3.05, 3.63) is 0 Å². The lowest BCUT2D eigenvalue weighted by Crippen LogP contribution is -2.30. The van der Waals surface area contributed by atoms with Crippen molar-refractivity contribution in [3.63, 3.8) is 0 Å². The van der Waals surface area contributed by atoms with Crippen LogP contribution in [0, 0.1) is 5.41 Å². The smallest absolute Gasteiger partial charge is 0.00354 e. The van der Waals surface area contributed by atoms with Crippen LogP contribution < -0.4 is 5.73 Å². The molecule has 0 radical (unpaired) electrons. The van der Waals surface area contributed by atoms with Crippen molar-refractivity contribution in [2.45, 2.75) is 25.7 Å². The van der Waals surface area contributed by atoms with Crippen molar-refractivity contribution in [2.24, 2.45) is 11.1 Å². The molecule has 0 aliphatic heterocycles. The molecular formula is C12H27N3. The van der Waals surface area contributed by atoms with Gasteiger partial charge in [-0.1, -0.05) is 0 Å². The van der Waals surface area contributed by atoms with Gasteiger partial charge in [0.1, 0.15) is 0 Å². The monoisotopic (exact) mass is 213 g/mol. The van der Waals surface area contributed by atoms with Gasteiger partial charge in [-0.3, -0.25) is 0 Å². The first-order chi connectivity index (χ1) is 7.08. The lowest BCUT2D eigenvalue weighted by Gasteiger charge is -2.23. The maximum atomic E-state index is 5.65. The highest BCUT2D eigenvalue weighted by atomic mass is 15.1. The van der Waals surface area contributed by atoms with Crippen LogP contribution in [-0.4, -0.2) is 57.1 Å². The fraction of sp³-hybridized carbons (Fsp3) is 1.00. The van der Waals surface area contributed by atoms with Crippen molar-refractivity contribution >= 4 is 0 Å². The molecule has 1 aliphatic rings. The lowest BCUT2D eigenvalue weighted by atomic mass is 10.0.